The van der Waals surface area contributed by atoms with Crippen LogP contribution in [0.25, 0.3) is 0 Å². The number of hydrogen-bond donors (Lipinski definition) is 0. The molecule has 4 heteroatoms. The first kappa shape index (κ1) is 34.7. The van der Waals surface area contributed by atoms with Gasteiger partial charge in [0.15, 0.2) is 0 Å². The van der Waals surface area contributed by atoms with Crippen LogP contribution in [-0.4, -0.2) is 17.4 Å². The van der Waals surface area contributed by atoms with Gasteiger partial charge in [-0.25, -0.2) is 0 Å². The van der Waals surface area contributed by atoms with Crippen molar-refractivity contribution >= 4 is 17.4 Å². The van der Waals surface area contributed by atoms with Gasteiger partial charge in [0, 0.05) is 71.0 Å². The molecule has 27 valence electrons. The SMILES string of the molecule is [Al].[Cu].[Cu].[Zn]. The first-order valence-corrected chi connectivity index (χ1v) is 0. The van der Waals surface area contributed by atoms with E-state index in [2.05, 4.69) is 0 Å². The topological polar surface area (TPSA) is 0 Å². The fourth-order valence-corrected chi connectivity index (χ4v) is 0. The summed E-state index contributed by atoms with van der Waals surface area (Å²) in [4.78, 5) is 0. The Balaban J connectivity index is 0. The van der Waals surface area contributed by atoms with Crippen molar-refractivity contribution in [1.29, 1.82) is 0 Å². The van der Waals surface area contributed by atoms with E-state index in [1.165, 1.54) is 0 Å². The van der Waals surface area contributed by atoms with E-state index < -0.39 is 0 Å². The van der Waals surface area contributed by atoms with Gasteiger partial charge in [0.25, 0.3) is 0 Å². The van der Waals surface area contributed by atoms with Crippen LogP contribution in [0.4, 0.5) is 0 Å². The predicted molar refractivity (Wildman–Crippen MR) is 5.75 cm³/mol. The molecule has 0 amide bonds. The molecule has 4 heavy (non-hydrogen) atoms. The Hall–Kier alpha value is 2.19. The van der Waals surface area contributed by atoms with E-state index in [0.717, 1.165) is 0 Å². The normalized spacial score (nSPS) is 0. The van der Waals surface area contributed by atoms with Crippen molar-refractivity contribution in [1.82, 2.24) is 0 Å². The smallest absolute Gasteiger partial charge is 0 e. The first-order chi connectivity index (χ1) is 0. The molecule has 0 aromatic rings. The predicted octanol–water partition coefficient (Wildman–Crippen LogP) is -0.388. The van der Waals surface area contributed by atoms with Crippen molar-refractivity contribution in [3.8, 4) is 0 Å². The third-order valence-electron chi connectivity index (χ3n) is 0. The fourth-order valence-electron chi connectivity index (χ4n) is 0. The molecule has 0 fully saturated rings. The van der Waals surface area contributed by atoms with Gasteiger partial charge in [0.2, 0.25) is 0 Å². The molecule has 0 N–H and O–H groups in total. The summed E-state index contributed by atoms with van der Waals surface area (Å²) in [5.74, 6) is 0. The monoisotopic (exact) mass is 217 g/mol. The third kappa shape index (κ3) is 8.89. The van der Waals surface area contributed by atoms with E-state index in [9.17, 15) is 0 Å². The minimum Gasteiger partial charge on any atom is 0 e. The van der Waals surface area contributed by atoms with Crippen molar-refractivity contribution in [2.45, 2.75) is 0 Å². The zero-order chi connectivity index (χ0) is 0. The van der Waals surface area contributed by atoms with E-state index in [0.29, 0.717) is 0 Å². The minimum atomic E-state index is 0. The Morgan fingerprint density at radius 1 is 0.750 bits per heavy atom. The third-order valence-corrected chi connectivity index (χ3v) is 0. The van der Waals surface area contributed by atoms with Crippen molar-refractivity contribution in [2.75, 3.05) is 0 Å². The summed E-state index contributed by atoms with van der Waals surface area (Å²) in [5.41, 5.74) is 0. The molecule has 0 aliphatic rings. The van der Waals surface area contributed by atoms with E-state index in [1.807, 2.05) is 0 Å². The molecule has 0 saturated heterocycles. The van der Waals surface area contributed by atoms with Gasteiger partial charge in [-0.15, -0.1) is 0 Å². The first-order valence-electron chi connectivity index (χ1n) is 0. The Labute approximate surface area is 70.3 Å². The molecule has 0 heterocycles. The molecule has 0 saturated carbocycles. The van der Waals surface area contributed by atoms with Crippen molar-refractivity contribution in [3.05, 3.63) is 0 Å². The molecule has 0 nitrogen and oxygen atoms in total. The Morgan fingerprint density at radius 3 is 0.750 bits per heavy atom. The summed E-state index contributed by atoms with van der Waals surface area (Å²) in [6, 6.07) is 0. The van der Waals surface area contributed by atoms with Crippen LogP contribution in [0.3, 0.4) is 0 Å². The van der Waals surface area contributed by atoms with Gasteiger partial charge in [0.1, 0.15) is 0 Å². The van der Waals surface area contributed by atoms with Crippen LogP contribution in [0.1, 0.15) is 0 Å². The molecule has 0 unspecified atom stereocenters. The van der Waals surface area contributed by atoms with Gasteiger partial charge < -0.3 is 0 Å². The van der Waals surface area contributed by atoms with E-state index >= 15 is 0 Å². The maximum atomic E-state index is 0. The van der Waals surface area contributed by atoms with Crippen LogP contribution < -0.4 is 0 Å². The molecular weight excluding hydrogens is 219 g/mol. The quantitative estimate of drug-likeness (QED) is 0.487. The van der Waals surface area contributed by atoms with Crippen LogP contribution in [0.2, 0.25) is 0 Å². The van der Waals surface area contributed by atoms with Crippen molar-refractivity contribution in [2.24, 2.45) is 0 Å². The number of hydrogen-bond acceptors (Lipinski definition) is 0. The van der Waals surface area contributed by atoms with E-state index in [-0.39, 0.29) is 71.0 Å². The molecule has 0 atom stereocenters. The maximum absolute atomic E-state index is 0. The van der Waals surface area contributed by atoms with E-state index in [1.54, 1.807) is 0 Å². The molecular formula is AlCu2Zn. The van der Waals surface area contributed by atoms with Gasteiger partial charge >= 0.3 is 0 Å². The van der Waals surface area contributed by atoms with Crippen LogP contribution >= 0.6 is 0 Å². The second-order valence-corrected chi connectivity index (χ2v) is 0. The zero-order valence-corrected chi connectivity index (χ0v) is 7.89. The van der Waals surface area contributed by atoms with Crippen LogP contribution in [0.5, 0.6) is 0 Å². The minimum absolute atomic E-state index is 0. The zero-order valence-electron chi connectivity index (χ0n) is 1.89. The number of rotatable bonds is 0. The standard InChI is InChI=1S/Al.2Cu.Zn. The van der Waals surface area contributed by atoms with Crippen LogP contribution in [-0.2, 0) is 53.6 Å². The van der Waals surface area contributed by atoms with Gasteiger partial charge in [-0.2, -0.15) is 0 Å². The Kier molecular flexibility index (Phi) is 165. The van der Waals surface area contributed by atoms with E-state index in [4.69, 9.17) is 0 Å². The van der Waals surface area contributed by atoms with Crippen molar-refractivity contribution < 1.29 is 53.6 Å². The molecule has 0 aliphatic heterocycles. The van der Waals surface area contributed by atoms with Crippen LogP contribution in [0, 0.1) is 0 Å². The summed E-state index contributed by atoms with van der Waals surface area (Å²) < 4.78 is 0. The largest absolute Gasteiger partial charge is 0 e. The Morgan fingerprint density at radius 2 is 0.750 bits per heavy atom. The molecule has 0 rings (SSSR count). The average molecular weight is 219 g/mol. The summed E-state index contributed by atoms with van der Waals surface area (Å²) >= 11 is 0. The summed E-state index contributed by atoms with van der Waals surface area (Å²) in [6.07, 6.45) is 0. The maximum Gasteiger partial charge on any atom is 0 e. The molecule has 0 aliphatic carbocycles. The average Bonchev–Trinajstić information content (AvgIpc) is 0. The Bertz CT molecular complexity index is 6.00. The van der Waals surface area contributed by atoms with Gasteiger partial charge in [-0.1, -0.05) is 0 Å². The fraction of sp³-hybridized carbons (Fsp3) is 0. The summed E-state index contributed by atoms with van der Waals surface area (Å²) in [7, 11) is 0. The summed E-state index contributed by atoms with van der Waals surface area (Å²) in [6.45, 7) is 0. The second-order valence-electron chi connectivity index (χ2n) is 0. The van der Waals surface area contributed by atoms with Gasteiger partial charge in [-0.05, 0) is 0 Å². The van der Waals surface area contributed by atoms with Gasteiger partial charge in [0.05, 0.1) is 0 Å². The molecule has 0 aromatic heterocycles. The summed E-state index contributed by atoms with van der Waals surface area (Å²) in [5, 5.41) is 0. The second kappa shape index (κ2) is 19.0. The van der Waals surface area contributed by atoms with Gasteiger partial charge in [-0.3, -0.25) is 0 Å². The van der Waals surface area contributed by atoms with Crippen LogP contribution in [0.15, 0.2) is 0 Å². The molecule has 0 bridgehead atoms. The molecule has 0 spiro atoms. The molecule has 5 radical (unpaired) electrons. The molecule has 0 aromatic carbocycles. The van der Waals surface area contributed by atoms with Crippen molar-refractivity contribution in [3.63, 3.8) is 0 Å².